The maximum atomic E-state index is 14.1. The minimum atomic E-state index is -0.977. The molecule has 0 spiro atoms. The molecular weight excluding hydrogens is 588 g/mol. The molecule has 2 aliphatic rings. The van der Waals surface area contributed by atoms with Gasteiger partial charge in [-0.2, -0.15) is 0 Å². The molecule has 2 saturated heterocycles. The van der Waals surface area contributed by atoms with Gasteiger partial charge in [0.05, 0.1) is 6.04 Å². The molecule has 0 aromatic carbocycles. The molecule has 0 N–H and O–H groups in total. The molecule has 1 aromatic rings. The highest BCUT2D eigenvalue weighted by molar-refractivity contribution is 7.09. The quantitative estimate of drug-likeness (QED) is 0.218. The van der Waals surface area contributed by atoms with Gasteiger partial charge in [0.1, 0.15) is 5.01 Å². The molecule has 2 fully saturated rings. The summed E-state index contributed by atoms with van der Waals surface area (Å²) in [7, 11) is 3.69. The Morgan fingerprint density at radius 1 is 1.11 bits per heavy atom. The lowest BCUT2D eigenvalue weighted by molar-refractivity contribution is -0.172. The topological polar surface area (TPSA) is 143 Å². The van der Waals surface area contributed by atoms with Crippen molar-refractivity contribution in [3.05, 3.63) is 16.1 Å². The Morgan fingerprint density at radius 2 is 1.77 bits per heavy atom. The van der Waals surface area contributed by atoms with E-state index in [1.165, 1.54) is 12.3 Å². The third kappa shape index (κ3) is 8.71. The molecule has 0 bridgehead atoms. The number of likely N-dealkylation sites (tertiary alicyclic amines) is 1. The number of hydrogen-bond donors (Lipinski definition) is 0. The first-order valence-corrected chi connectivity index (χ1v) is 16.3. The number of hydroxylamine groups is 2. The zero-order valence-electron chi connectivity index (χ0n) is 26.9. The first-order valence-electron chi connectivity index (χ1n) is 15.4. The number of likely N-dealkylation sites (N-methyl/N-ethyl adjacent to an activating group) is 1. The SMILES string of the molecule is CC[C@H](C)C(CC(=O)C1CCCCN1C)C(=O)N(C)[C@H](C[C@@H](OC(C)=O)c1nc(C(=O)ON2C(=O)CCC2=O)cs1)C(C)C. The number of nitrogens with zero attached hydrogens (tertiary/aromatic N) is 4. The van der Waals surface area contributed by atoms with Crippen LogP contribution in [0.4, 0.5) is 0 Å². The largest absolute Gasteiger partial charge is 0.455 e. The van der Waals surface area contributed by atoms with Crippen LogP contribution in [0.2, 0.25) is 0 Å². The zero-order valence-corrected chi connectivity index (χ0v) is 27.7. The van der Waals surface area contributed by atoms with E-state index in [1.807, 2.05) is 34.7 Å². The molecule has 3 rings (SSSR count). The van der Waals surface area contributed by atoms with E-state index in [2.05, 4.69) is 9.88 Å². The summed E-state index contributed by atoms with van der Waals surface area (Å²) < 4.78 is 5.63. The first kappa shape index (κ1) is 35.3. The Hall–Kier alpha value is -3.19. The summed E-state index contributed by atoms with van der Waals surface area (Å²) in [5.74, 6) is -3.32. The summed E-state index contributed by atoms with van der Waals surface area (Å²) in [6.07, 6.45) is 3.05. The molecule has 5 atom stereocenters. The van der Waals surface area contributed by atoms with Gasteiger partial charge in [-0.15, -0.1) is 16.4 Å². The zero-order chi connectivity index (χ0) is 32.7. The third-order valence-corrected chi connectivity index (χ3v) is 9.71. The fourth-order valence-electron chi connectivity index (χ4n) is 5.89. The van der Waals surface area contributed by atoms with Crippen LogP contribution in [0.1, 0.15) is 108 Å². The smallest absolute Gasteiger partial charge is 0.382 e. The van der Waals surface area contributed by atoms with Crippen molar-refractivity contribution < 1.29 is 38.3 Å². The first-order chi connectivity index (χ1) is 20.7. The average molecular weight is 635 g/mol. The highest BCUT2D eigenvalue weighted by Gasteiger charge is 2.38. The molecule has 2 unspecified atom stereocenters. The number of esters is 1. The van der Waals surface area contributed by atoms with Crippen LogP contribution in [0.5, 0.6) is 0 Å². The van der Waals surface area contributed by atoms with Crippen molar-refractivity contribution in [1.29, 1.82) is 0 Å². The van der Waals surface area contributed by atoms with Crippen molar-refractivity contribution in [3.8, 4) is 0 Å². The van der Waals surface area contributed by atoms with Gasteiger partial charge >= 0.3 is 11.9 Å². The van der Waals surface area contributed by atoms with Crippen molar-refractivity contribution in [2.45, 2.75) is 104 Å². The Balaban J connectivity index is 1.79. The van der Waals surface area contributed by atoms with Gasteiger partial charge in [-0.25, -0.2) is 9.78 Å². The second kappa shape index (κ2) is 15.7. The number of ketones is 1. The van der Waals surface area contributed by atoms with Crippen LogP contribution in [-0.2, 0) is 33.5 Å². The summed E-state index contributed by atoms with van der Waals surface area (Å²) >= 11 is 1.07. The fourth-order valence-corrected chi connectivity index (χ4v) is 6.72. The van der Waals surface area contributed by atoms with E-state index in [1.54, 1.807) is 11.9 Å². The second-order valence-corrected chi connectivity index (χ2v) is 13.2. The van der Waals surface area contributed by atoms with Crippen LogP contribution in [0.15, 0.2) is 5.38 Å². The van der Waals surface area contributed by atoms with E-state index in [9.17, 15) is 28.8 Å². The van der Waals surface area contributed by atoms with Gasteiger partial charge in [-0.1, -0.05) is 40.5 Å². The molecule has 0 aliphatic carbocycles. The van der Waals surface area contributed by atoms with Gasteiger partial charge in [-0.3, -0.25) is 28.9 Å². The molecule has 1 aromatic heterocycles. The summed E-state index contributed by atoms with van der Waals surface area (Å²) in [6, 6.07) is -0.555. The van der Waals surface area contributed by atoms with Crippen molar-refractivity contribution in [2.24, 2.45) is 17.8 Å². The Morgan fingerprint density at radius 3 is 2.34 bits per heavy atom. The highest BCUT2D eigenvalue weighted by Crippen LogP contribution is 2.33. The number of aromatic nitrogens is 1. The van der Waals surface area contributed by atoms with Crippen LogP contribution >= 0.6 is 11.3 Å². The number of carbonyl (C=O) groups excluding carboxylic acids is 6. The van der Waals surface area contributed by atoms with Gasteiger partial charge in [-0.05, 0) is 38.3 Å². The summed E-state index contributed by atoms with van der Waals surface area (Å²) in [4.78, 5) is 89.0. The Kier molecular flexibility index (Phi) is 12.6. The Bertz CT molecular complexity index is 1220. The number of hydrogen-bond acceptors (Lipinski definition) is 11. The number of ether oxygens (including phenoxy) is 1. The average Bonchev–Trinajstić information content (AvgIpc) is 3.59. The van der Waals surface area contributed by atoms with Gasteiger partial charge in [0.2, 0.25) is 5.91 Å². The van der Waals surface area contributed by atoms with Crippen molar-refractivity contribution in [2.75, 3.05) is 20.6 Å². The van der Waals surface area contributed by atoms with E-state index in [4.69, 9.17) is 9.57 Å². The number of thiazole rings is 1. The van der Waals surface area contributed by atoms with Crippen LogP contribution < -0.4 is 0 Å². The van der Waals surface area contributed by atoms with Crippen molar-refractivity contribution >= 4 is 46.8 Å². The molecular formula is C31H46N4O8S. The van der Waals surface area contributed by atoms with E-state index in [-0.39, 0.29) is 67.0 Å². The number of piperidine rings is 1. The number of amides is 3. The molecule has 3 heterocycles. The predicted molar refractivity (Wildman–Crippen MR) is 162 cm³/mol. The molecule has 13 heteroatoms. The second-order valence-electron chi connectivity index (χ2n) is 12.3. The molecule has 3 amide bonds. The standard InChI is InChI=1S/C31H46N4O8S/c1-8-19(4)21(15-25(37)23-11-9-10-14-33(23)6)30(40)34(7)24(18(2)3)16-26(42-20(5)36)29-32-22(17-44-29)31(41)43-35-27(38)12-13-28(35)39/h17-19,21,23-24,26H,8-16H2,1-7H3/t19-,21?,23?,24+,26+/m0/s1. The van der Waals surface area contributed by atoms with Gasteiger partial charge in [0.15, 0.2) is 17.6 Å². The fraction of sp³-hybridized carbons (Fsp3) is 0.710. The van der Waals surface area contributed by atoms with Gasteiger partial charge < -0.3 is 14.5 Å². The summed E-state index contributed by atoms with van der Waals surface area (Å²) in [5.41, 5.74) is -0.136. The van der Waals surface area contributed by atoms with Crippen molar-refractivity contribution in [1.82, 2.24) is 19.8 Å². The van der Waals surface area contributed by atoms with Gasteiger partial charge in [0.25, 0.3) is 11.8 Å². The van der Waals surface area contributed by atoms with Crippen LogP contribution in [0, 0.1) is 17.8 Å². The highest BCUT2D eigenvalue weighted by atomic mass is 32.1. The van der Waals surface area contributed by atoms with Crippen LogP contribution in [0.25, 0.3) is 0 Å². The lowest BCUT2D eigenvalue weighted by Gasteiger charge is -2.37. The molecule has 44 heavy (non-hydrogen) atoms. The van der Waals surface area contributed by atoms with Crippen LogP contribution in [-0.4, -0.2) is 88.0 Å². The molecule has 0 radical (unpaired) electrons. The predicted octanol–water partition coefficient (Wildman–Crippen LogP) is 3.95. The van der Waals surface area contributed by atoms with Gasteiger partial charge in [0, 0.05) is 57.0 Å². The lowest BCUT2D eigenvalue weighted by atomic mass is 9.83. The summed E-state index contributed by atoms with van der Waals surface area (Å²) in [5, 5.41) is 2.17. The van der Waals surface area contributed by atoms with E-state index in [0.717, 1.165) is 43.6 Å². The minimum Gasteiger partial charge on any atom is -0.455 e. The maximum absolute atomic E-state index is 14.1. The normalized spacial score (nSPS) is 20.3. The third-order valence-electron chi connectivity index (χ3n) is 8.78. The maximum Gasteiger partial charge on any atom is 0.382 e. The van der Waals surface area contributed by atoms with Crippen LogP contribution in [0.3, 0.4) is 0 Å². The van der Waals surface area contributed by atoms with E-state index >= 15 is 0 Å². The molecule has 2 aliphatic heterocycles. The minimum absolute atomic E-state index is 0.0122. The number of rotatable bonds is 14. The Labute approximate surface area is 263 Å². The number of Topliss-reactive ketones (excluding diaryl/α,β-unsaturated/α-hetero) is 1. The lowest BCUT2D eigenvalue weighted by Crippen LogP contribution is -2.48. The molecule has 244 valence electrons. The van der Waals surface area contributed by atoms with E-state index < -0.39 is 35.8 Å². The van der Waals surface area contributed by atoms with E-state index in [0.29, 0.717) is 10.1 Å². The monoisotopic (exact) mass is 634 g/mol. The number of carbonyl (C=O) groups is 6. The molecule has 0 saturated carbocycles. The number of imide groups is 1. The summed E-state index contributed by atoms with van der Waals surface area (Å²) in [6.45, 7) is 10.1. The molecule has 12 nitrogen and oxygen atoms in total. The van der Waals surface area contributed by atoms with Crippen molar-refractivity contribution in [3.63, 3.8) is 0 Å².